The highest BCUT2D eigenvalue weighted by Crippen LogP contribution is 2.66. The Labute approximate surface area is 283 Å². The lowest BCUT2D eigenvalue weighted by atomic mass is 9.68. The maximum atomic E-state index is 2.46. The quantitative estimate of drug-likeness (QED) is 0.161. The van der Waals surface area contributed by atoms with Crippen LogP contribution in [0.25, 0.3) is 87.2 Å². The van der Waals surface area contributed by atoms with E-state index >= 15 is 0 Å². The molecule has 0 aromatic heterocycles. The van der Waals surface area contributed by atoms with Crippen LogP contribution < -0.4 is 0 Å². The first-order valence-electron chi connectivity index (χ1n) is 17.3. The highest BCUT2D eigenvalue weighted by atomic mass is 14.5. The molecule has 0 N–H and O–H groups in total. The van der Waals surface area contributed by atoms with Crippen molar-refractivity contribution in [1.29, 1.82) is 0 Å². The minimum atomic E-state index is -0.404. The van der Waals surface area contributed by atoms with Gasteiger partial charge in [0.05, 0.1) is 5.41 Å². The van der Waals surface area contributed by atoms with Crippen LogP contribution in [0.4, 0.5) is 0 Å². The number of hydrogen-bond donors (Lipinski definition) is 0. The molecule has 49 heavy (non-hydrogen) atoms. The third-order valence-corrected chi connectivity index (χ3v) is 11.8. The minimum absolute atomic E-state index is 0.404. The smallest absolute Gasteiger partial charge is 0.0619 e. The summed E-state index contributed by atoms with van der Waals surface area (Å²) < 4.78 is 0. The standard InChI is InChI=1S/C49H28/c1-2-15-31-29(13-1)27-40(33-17-4-3-16-32(31)33)41-28-30-14-11-22-38-45(30)46-36(41)21-12-23-39(46)48-47(38)37-20-7-10-26-44(37)49(48)42-24-8-5-18-34(42)35-19-6-9-25-43(35)49/h1-28H. The van der Waals surface area contributed by atoms with Gasteiger partial charge in [0.25, 0.3) is 0 Å². The molecule has 0 fully saturated rings. The topological polar surface area (TPSA) is 0 Å². The van der Waals surface area contributed by atoms with Crippen molar-refractivity contribution in [3.8, 4) is 33.4 Å². The molecular weight excluding hydrogens is 589 g/mol. The maximum absolute atomic E-state index is 2.46. The molecule has 2 aliphatic carbocycles. The molecule has 0 bridgehead atoms. The SMILES string of the molecule is c1ccc2c(c1)-c1ccccc1C21c2ccccc2-c2c1c1cccc3c(-c4cc5ccccc5c5ccccc45)cc4cccc2c4c31. The molecule has 0 nitrogen and oxygen atoms in total. The summed E-state index contributed by atoms with van der Waals surface area (Å²) in [5, 5.41) is 13.2. The second-order valence-electron chi connectivity index (χ2n) is 13.9. The van der Waals surface area contributed by atoms with E-state index in [1.165, 1.54) is 109 Å². The monoisotopic (exact) mass is 616 g/mol. The van der Waals surface area contributed by atoms with Gasteiger partial charge in [0.1, 0.15) is 0 Å². The van der Waals surface area contributed by atoms with Crippen LogP contribution in [-0.4, -0.2) is 0 Å². The van der Waals surface area contributed by atoms with Crippen LogP contribution in [0.3, 0.4) is 0 Å². The van der Waals surface area contributed by atoms with E-state index in [-0.39, 0.29) is 0 Å². The van der Waals surface area contributed by atoms with Crippen LogP contribution in [0, 0.1) is 0 Å². The minimum Gasteiger partial charge on any atom is -0.0619 e. The summed E-state index contributed by atoms with van der Waals surface area (Å²) in [5.74, 6) is 0. The average molecular weight is 617 g/mol. The summed E-state index contributed by atoms with van der Waals surface area (Å²) in [7, 11) is 0. The molecule has 2 aliphatic rings. The third-order valence-electron chi connectivity index (χ3n) is 11.8. The molecule has 0 radical (unpaired) electrons. The van der Waals surface area contributed by atoms with Crippen molar-refractivity contribution >= 4 is 53.9 Å². The lowest BCUT2D eigenvalue weighted by Crippen LogP contribution is -2.26. The van der Waals surface area contributed by atoms with Crippen LogP contribution in [0.2, 0.25) is 0 Å². The molecule has 0 atom stereocenters. The summed E-state index contributed by atoms with van der Waals surface area (Å²) in [6.45, 7) is 0. The molecule has 1 spiro atoms. The van der Waals surface area contributed by atoms with E-state index in [2.05, 4.69) is 170 Å². The molecule has 10 aromatic rings. The Bertz CT molecular complexity index is 3000. The van der Waals surface area contributed by atoms with E-state index in [0.29, 0.717) is 0 Å². The first kappa shape index (κ1) is 25.8. The summed E-state index contributed by atoms with van der Waals surface area (Å²) in [4.78, 5) is 0. The van der Waals surface area contributed by atoms with Crippen molar-refractivity contribution in [2.75, 3.05) is 0 Å². The van der Waals surface area contributed by atoms with Gasteiger partial charge < -0.3 is 0 Å². The highest BCUT2D eigenvalue weighted by Gasteiger charge is 2.53. The fourth-order valence-corrected chi connectivity index (χ4v) is 10.1. The summed E-state index contributed by atoms with van der Waals surface area (Å²) in [6, 6.07) is 64.2. The van der Waals surface area contributed by atoms with Crippen molar-refractivity contribution in [1.82, 2.24) is 0 Å². The van der Waals surface area contributed by atoms with Gasteiger partial charge >= 0.3 is 0 Å². The van der Waals surface area contributed by atoms with E-state index in [9.17, 15) is 0 Å². The second kappa shape index (κ2) is 9.01. The predicted octanol–water partition coefficient (Wildman–Crippen LogP) is 12.9. The number of hydrogen-bond acceptors (Lipinski definition) is 0. The van der Waals surface area contributed by atoms with E-state index < -0.39 is 5.41 Å². The Hall–Kier alpha value is -6.24. The fourth-order valence-electron chi connectivity index (χ4n) is 10.1. The number of benzene rings is 10. The van der Waals surface area contributed by atoms with Gasteiger partial charge in [-0.1, -0.05) is 158 Å². The molecular formula is C49H28. The zero-order valence-electron chi connectivity index (χ0n) is 26.7. The van der Waals surface area contributed by atoms with Gasteiger partial charge in [-0.25, -0.2) is 0 Å². The molecule has 0 heterocycles. The van der Waals surface area contributed by atoms with Crippen molar-refractivity contribution in [3.05, 3.63) is 192 Å². The van der Waals surface area contributed by atoms with Crippen LogP contribution in [0.1, 0.15) is 22.3 Å². The maximum Gasteiger partial charge on any atom is 0.0731 e. The summed E-state index contributed by atoms with van der Waals surface area (Å²) in [5.41, 5.74) is 13.2. The van der Waals surface area contributed by atoms with E-state index in [4.69, 9.17) is 0 Å². The summed E-state index contributed by atoms with van der Waals surface area (Å²) in [6.07, 6.45) is 0. The Morgan fingerprint density at radius 3 is 1.55 bits per heavy atom. The molecule has 224 valence electrons. The van der Waals surface area contributed by atoms with E-state index in [0.717, 1.165) is 0 Å². The van der Waals surface area contributed by atoms with E-state index in [1.807, 2.05) is 0 Å². The zero-order chi connectivity index (χ0) is 31.8. The number of fused-ring (bicyclic) bond motifs is 15. The van der Waals surface area contributed by atoms with Gasteiger partial charge in [-0.2, -0.15) is 0 Å². The van der Waals surface area contributed by atoms with Gasteiger partial charge in [0, 0.05) is 0 Å². The Morgan fingerprint density at radius 1 is 0.286 bits per heavy atom. The first-order chi connectivity index (χ1) is 24.3. The van der Waals surface area contributed by atoms with Crippen LogP contribution in [0.5, 0.6) is 0 Å². The fraction of sp³-hybridized carbons (Fsp3) is 0.0204. The molecule has 0 saturated heterocycles. The molecule has 0 saturated carbocycles. The van der Waals surface area contributed by atoms with Gasteiger partial charge in [-0.15, -0.1) is 0 Å². The predicted molar refractivity (Wildman–Crippen MR) is 207 cm³/mol. The van der Waals surface area contributed by atoms with Crippen molar-refractivity contribution < 1.29 is 0 Å². The normalized spacial score (nSPS) is 13.9. The van der Waals surface area contributed by atoms with E-state index in [1.54, 1.807) is 0 Å². The van der Waals surface area contributed by atoms with Crippen LogP contribution >= 0.6 is 0 Å². The number of rotatable bonds is 1. The van der Waals surface area contributed by atoms with Crippen molar-refractivity contribution in [2.45, 2.75) is 5.41 Å². The third kappa shape index (κ3) is 2.98. The lowest BCUT2D eigenvalue weighted by molar-refractivity contribution is 0.802. The molecule has 0 unspecified atom stereocenters. The van der Waals surface area contributed by atoms with Crippen LogP contribution in [0.15, 0.2) is 170 Å². The Morgan fingerprint density at radius 2 is 0.776 bits per heavy atom. The largest absolute Gasteiger partial charge is 0.0731 e. The molecule has 0 heteroatoms. The first-order valence-corrected chi connectivity index (χ1v) is 17.3. The lowest BCUT2D eigenvalue weighted by Gasteiger charge is -2.32. The van der Waals surface area contributed by atoms with Gasteiger partial charge in [0.2, 0.25) is 0 Å². The molecule has 0 amide bonds. The van der Waals surface area contributed by atoms with Gasteiger partial charge in [0.15, 0.2) is 0 Å². The van der Waals surface area contributed by atoms with Crippen molar-refractivity contribution in [2.24, 2.45) is 0 Å². The van der Waals surface area contributed by atoms with Gasteiger partial charge in [-0.3, -0.25) is 0 Å². The molecule has 0 aliphatic heterocycles. The van der Waals surface area contributed by atoms with Crippen LogP contribution in [-0.2, 0) is 5.41 Å². The molecule has 12 rings (SSSR count). The van der Waals surface area contributed by atoms with Crippen molar-refractivity contribution in [3.63, 3.8) is 0 Å². The highest BCUT2D eigenvalue weighted by molar-refractivity contribution is 6.32. The Balaban J connectivity index is 1.31. The zero-order valence-corrected chi connectivity index (χ0v) is 26.7. The Kier molecular flexibility index (Phi) is 4.74. The second-order valence-corrected chi connectivity index (χ2v) is 13.9. The van der Waals surface area contributed by atoms with Gasteiger partial charge in [-0.05, 0) is 122 Å². The summed E-state index contributed by atoms with van der Waals surface area (Å²) >= 11 is 0. The average Bonchev–Trinajstić information content (AvgIpc) is 3.65. The molecule has 10 aromatic carbocycles.